The highest BCUT2D eigenvalue weighted by molar-refractivity contribution is 8.00. The summed E-state index contributed by atoms with van der Waals surface area (Å²) in [4.78, 5) is 3.91. The van der Waals surface area contributed by atoms with Crippen molar-refractivity contribution in [2.24, 2.45) is 0 Å². The number of aryl methyl sites for hydroxylation is 1. The van der Waals surface area contributed by atoms with E-state index in [1.165, 1.54) is 40.7 Å². The predicted octanol–water partition coefficient (Wildman–Crippen LogP) is 4.72. The van der Waals surface area contributed by atoms with Gasteiger partial charge in [0, 0.05) is 16.9 Å². The van der Waals surface area contributed by atoms with Crippen molar-refractivity contribution in [3.63, 3.8) is 0 Å². The zero-order valence-corrected chi connectivity index (χ0v) is 20.7. The van der Waals surface area contributed by atoms with Crippen LogP contribution in [0, 0.1) is 18.6 Å². The maximum absolute atomic E-state index is 14.7. The van der Waals surface area contributed by atoms with Gasteiger partial charge in [0.05, 0.1) is 25.0 Å². The molecule has 4 rings (SSSR count). The average Bonchev–Trinajstić information content (AvgIpc) is 3.33. The zero-order chi connectivity index (χ0) is 25.0. The summed E-state index contributed by atoms with van der Waals surface area (Å²) in [6, 6.07) is 11.4. The Morgan fingerprint density at radius 2 is 1.94 bits per heavy atom. The molecule has 2 unspecified atom stereocenters. The van der Waals surface area contributed by atoms with Crippen molar-refractivity contribution in [1.82, 2.24) is 14.8 Å². The molecular formula is C26H29F2N3O3S. The number of halogens is 2. The van der Waals surface area contributed by atoms with Crippen molar-refractivity contribution in [2.45, 2.75) is 49.7 Å². The van der Waals surface area contributed by atoms with Crippen molar-refractivity contribution >= 4 is 17.8 Å². The van der Waals surface area contributed by atoms with Gasteiger partial charge in [-0.25, -0.2) is 18.4 Å². The van der Waals surface area contributed by atoms with Crippen LogP contribution in [0.2, 0.25) is 0 Å². The molecule has 2 aromatic carbocycles. The summed E-state index contributed by atoms with van der Waals surface area (Å²) in [7, 11) is 0. The number of ether oxygens (including phenoxy) is 2. The van der Waals surface area contributed by atoms with Crippen LogP contribution < -0.4 is 0 Å². The van der Waals surface area contributed by atoms with E-state index >= 15 is 0 Å². The lowest BCUT2D eigenvalue weighted by atomic mass is 9.90. The summed E-state index contributed by atoms with van der Waals surface area (Å²) in [6.45, 7) is 6.59. The van der Waals surface area contributed by atoms with Gasteiger partial charge >= 0.3 is 0 Å². The minimum absolute atomic E-state index is 0.00167. The van der Waals surface area contributed by atoms with Gasteiger partial charge in [0.15, 0.2) is 6.29 Å². The van der Waals surface area contributed by atoms with Gasteiger partial charge in [0.1, 0.15) is 29.9 Å². The lowest BCUT2D eigenvalue weighted by molar-refractivity contribution is -0.152. The molecule has 1 saturated heterocycles. The number of hydrogen-bond donors (Lipinski definition) is 1. The molecule has 1 aliphatic heterocycles. The number of aromatic nitrogens is 3. The molecule has 0 bridgehead atoms. The molecule has 3 aromatic rings. The van der Waals surface area contributed by atoms with E-state index in [0.29, 0.717) is 13.2 Å². The summed E-state index contributed by atoms with van der Waals surface area (Å²) in [5.41, 5.74) is 1.56. The summed E-state index contributed by atoms with van der Waals surface area (Å²) in [5.74, 6) is -1.52. The molecule has 35 heavy (non-hydrogen) atoms. The Labute approximate surface area is 208 Å². The standard InChI is InChI=1S/C26H29F2N3O3S/c1-17-4-6-20(7-5-17)10-18(2)25-33-12-22(13-34-25)35-19(3)26(32,14-31-16-29-15-30-31)23-9-8-21(27)11-24(23)28/h4-11,15-16,19,22,25,32H,12-14H2,1-3H3/b18-10+. The van der Waals surface area contributed by atoms with Crippen molar-refractivity contribution in [3.8, 4) is 0 Å². The van der Waals surface area contributed by atoms with Crippen LogP contribution in [0.5, 0.6) is 0 Å². The first-order chi connectivity index (χ1) is 16.7. The molecule has 0 radical (unpaired) electrons. The fraction of sp³-hybridized carbons (Fsp3) is 0.385. The van der Waals surface area contributed by atoms with Crippen LogP contribution >= 0.6 is 11.8 Å². The Morgan fingerprint density at radius 3 is 2.57 bits per heavy atom. The Kier molecular flexibility index (Phi) is 8.01. The molecule has 0 saturated carbocycles. The van der Waals surface area contributed by atoms with Crippen molar-refractivity contribution in [1.29, 1.82) is 0 Å². The largest absolute Gasteiger partial charge is 0.382 e. The fourth-order valence-corrected chi connectivity index (χ4v) is 5.37. The van der Waals surface area contributed by atoms with Crippen molar-refractivity contribution in [2.75, 3.05) is 13.2 Å². The molecular weight excluding hydrogens is 472 g/mol. The van der Waals surface area contributed by atoms with Crippen molar-refractivity contribution < 1.29 is 23.4 Å². The van der Waals surface area contributed by atoms with E-state index in [2.05, 4.69) is 22.2 Å². The highest BCUT2D eigenvalue weighted by atomic mass is 32.2. The Hall–Kier alpha value is -2.59. The second kappa shape index (κ2) is 11.0. The Balaban J connectivity index is 1.44. The molecule has 0 aliphatic carbocycles. The predicted molar refractivity (Wildman–Crippen MR) is 132 cm³/mol. The number of hydrogen-bond acceptors (Lipinski definition) is 6. The van der Waals surface area contributed by atoms with Gasteiger partial charge in [-0.1, -0.05) is 48.9 Å². The van der Waals surface area contributed by atoms with E-state index < -0.39 is 28.8 Å². The van der Waals surface area contributed by atoms with Gasteiger partial charge in [-0.2, -0.15) is 5.10 Å². The van der Waals surface area contributed by atoms with E-state index in [1.807, 2.05) is 32.1 Å². The Morgan fingerprint density at radius 1 is 1.23 bits per heavy atom. The lowest BCUT2D eigenvalue weighted by Crippen LogP contribution is -2.44. The number of rotatable bonds is 8. The van der Waals surface area contributed by atoms with Gasteiger partial charge in [-0.15, -0.1) is 11.8 Å². The monoisotopic (exact) mass is 501 g/mol. The third-order valence-corrected chi connectivity index (χ3v) is 7.50. The number of nitrogens with zero attached hydrogens (tertiary/aromatic N) is 3. The van der Waals surface area contributed by atoms with Crippen LogP contribution in [0.1, 0.15) is 30.5 Å². The highest BCUT2D eigenvalue weighted by Gasteiger charge is 2.41. The maximum Gasteiger partial charge on any atom is 0.179 e. The molecule has 9 heteroatoms. The normalized spacial score (nSPS) is 21.5. The Bertz CT molecular complexity index is 1150. The van der Waals surface area contributed by atoms with E-state index in [-0.39, 0.29) is 17.4 Å². The molecule has 0 spiro atoms. The molecule has 1 N–H and O–H groups in total. The number of aliphatic hydroxyl groups is 1. The SMILES string of the molecule is C/C(=C\c1ccc(C)cc1)C1OCC(SC(C)C(O)(Cn2cncn2)c2ccc(F)cc2F)CO1. The van der Waals surface area contributed by atoms with E-state index in [1.54, 1.807) is 6.92 Å². The second-order valence-corrected chi connectivity index (χ2v) is 10.5. The van der Waals surface area contributed by atoms with Gasteiger partial charge in [0.25, 0.3) is 0 Å². The van der Waals surface area contributed by atoms with Gasteiger partial charge in [-0.3, -0.25) is 0 Å². The topological polar surface area (TPSA) is 69.4 Å². The van der Waals surface area contributed by atoms with Crippen LogP contribution in [-0.2, 0) is 21.6 Å². The van der Waals surface area contributed by atoms with Crippen LogP contribution in [0.25, 0.3) is 6.08 Å². The highest BCUT2D eigenvalue weighted by Crippen LogP contribution is 2.39. The minimum Gasteiger partial charge on any atom is -0.382 e. The lowest BCUT2D eigenvalue weighted by Gasteiger charge is -2.38. The molecule has 2 atom stereocenters. The van der Waals surface area contributed by atoms with Crippen LogP contribution in [0.4, 0.5) is 8.78 Å². The average molecular weight is 502 g/mol. The van der Waals surface area contributed by atoms with Crippen molar-refractivity contribution in [3.05, 3.63) is 89.0 Å². The molecule has 1 aliphatic rings. The van der Waals surface area contributed by atoms with Gasteiger partial charge < -0.3 is 14.6 Å². The molecule has 1 fully saturated rings. The van der Waals surface area contributed by atoms with Gasteiger partial charge in [0.2, 0.25) is 0 Å². The van der Waals surface area contributed by atoms with Crippen LogP contribution in [0.3, 0.4) is 0 Å². The van der Waals surface area contributed by atoms with E-state index in [4.69, 9.17) is 9.47 Å². The van der Waals surface area contributed by atoms with E-state index in [9.17, 15) is 13.9 Å². The van der Waals surface area contributed by atoms with E-state index in [0.717, 1.165) is 23.3 Å². The first-order valence-electron chi connectivity index (χ1n) is 11.4. The first kappa shape index (κ1) is 25.5. The van der Waals surface area contributed by atoms with Gasteiger partial charge in [-0.05, 0) is 31.1 Å². The summed E-state index contributed by atoms with van der Waals surface area (Å²) < 4.78 is 41.7. The molecule has 6 nitrogen and oxygen atoms in total. The second-order valence-electron chi connectivity index (χ2n) is 8.84. The molecule has 1 aromatic heterocycles. The molecule has 2 heterocycles. The smallest absolute Gasteiger partial charge is 0.179 e. The third kappa shape index (κ3) is 6.16. The fourth-order valence-electron chi connectivity index (χ4n) is 4.06. The quantitative estimate of drug-likeness (QED) is 0.482. The summed E-state index contributed by atoms with van der Waals surface area (Å²) >= 11 is 1.43. The van der Waals surface area contributed by atoms with Crippen LogP contribution in [0.15, 0.2) is 60.7 Å². The maximum atomic E-state index is 14.7. The molecule has 186 valence electrons. The number of benzene rings is 2. The summed E-state index contributed by atoms with van der Waals surface area (Å²) in [5, 5.41) is 15.2. The third-order valence-electron chi connectivity index (χ3n) is 6.05. The molecule has 0 amide bonds. The minimum atomic E-state index is -1.67. The number of thioether (sulfide) groups is 1. The first-order valence-corrected chi connectivity index (χ1v) is 12.3. The van der Waals surface area contributed by atoms with Crippen LogP contribution in [-0.4, -0.2) is 49.9 Å². The summed E-state index contributed by atoms with van der Waals surface area (Å²) in [6.07, 6.45) is 4.37. The zero-order valence-electron chi connectivity index (χ0n) is 19.9.